The van der Waals surface area contributed by atoms with Crippen molar-refractivity contribution < 1.29 is 0 Å². The molecule has 18 heavy (non-hydrogen) atoms. The molecule has 1 saturated carbocycles. The lowest BCUT2D eigenvalue weighted by atomic mass is 9.81. The van der Waals surface area contributed by atoms with Crippen LogP contribution in [-0.4, -0.2) is 25.4 Å². The molecular weight excluding hydrogens is 240 g/mol. The predicted molar refractivity (Wildman–Crippen MR) is 79.7 cm³/mol. The Hall–Kier alpha value is -0.670. The highest BCUT2D eigenvalue weighted by atomic mass is 32.2. The van der Waals surface area contributed by atoms with Crippen molar-refractivity contribution in [2.45, 2.75) is 42.5 Å². The van der Waals surface area contributed by atoms with Crippen LogP contribution in [0, 0.1) is 0 Å². The van der Waals surface area contributed by atoms with Crippen LogP contribution in [0.5, 0.6) is 0 Å². The number of rotatable bonds is 2. The summed E-state index contributed by atoms with van der Waals surface area (Å²) < 4.78 is 0. The molecule has 1 fully saturated rings. The first-order valence-electron chi connectivity index (χ1n) is 7.04. The van der Waals surface area contributed by atoms with Crippen LogP contribution >= 0.6 is 11.8 Å². The van der Waals surface area contributed by atoms with Crippen LogP contribution in [0.3, 0.4) is 0 Å². The fourth-order valence-electron chi connectivity index (χ4n) is 3.13. The molecule has 0 spiro atoms. The second-order valence-corrected chi connectivity index (χ2v) is 6.50. The Bertz CT molecular complexity index is 411. The molecule has 0 unspecified atom stereocenters. The van der Waals surface area contributed by atoms with Gasteiger partial charge in [-0.1, -0.05) is 6.07 Å². The third-order valence-corrected chi connectivity index (χ3v) is 5.36. The van der Waals surface area contributed by atoms with Crippen molar-refractivity contribution in [3.8, 4) is 0 Å². The second kappa shape index (κ2) is 5.54. The van der Waals surface area contributed by atoms with Crippen molar-refractivity contribution in [3.05, 3.63) is 23.8 Å². The number of fused-ring (bicyclic) bond motifs is 1. The van der Waals surface area contributed by atoms with E-state index < -0.39 is 0 Å². The molecule has 1 aromatic rings. The maximum Gasteiger partial charge on any atom is 0.0481 e. The van der Waals surface area contributed by atoms with Crippen LogP contribution in [0.15, 0.2) is 23.1 Å². The molecule has 0 aromatic heterocycles. The summed E-state index contributed by atoms with van der Waals surface area (Å²) >= 11 is 1.98. The summed E-state index contributed by atoms with van der Waals surface area (Å²) in [5, 5.41) is 6.94. The normalized spacial score (nSPS) is 27.4. The van der Waals surface area contributed by atoms with Crippen molar-refractivity contribution in [2.24, 2.45) is 0 Å². The number of thioether (sulfide) groups is 1. The summed E-state index contributed by atoms with van der Waals surface area (Å²) in [6.07, 6.45) is 5.30. The van der Waals surface area contributed by atoms with E-state index in [4.69, 9.17) is 0 Å². The van der Waals surface area contributed by atoms with Crippen LogP contribution in [0.4, 0.5) is 5.69 Å². The van der Waals surface area contributed by atoms with Crippen molar-refractivity contribution in [1.29, 1.82) is 0 Å². The van der Waals surface area contributed by atoms with Crippen LogP contribution in [-0.2, 0) is 0 Å². The van der Waals surface area contributed by atoms with E-state index >= 15 is 0 Å². The second-order valence-electron chi connectivity index (χ2n) is 5.37. The first-order valence-corrected chi connectivity index (χ1v) is 8.03. The van der Waals surface area contributed by atoms with Crippen molar-refractivity contribution in [2.75, 3.05) is 24.7 Å². The summed E-state index contributed by atoms with van der Waals surface area (Å²) in [4.78, 5) is 1.42. The zero-order valence-corrected chi connectivity index (χ0v) is 11.9. The fraction of sp³-hybridized carbons (Fsp3) is 0.600. The van der Waals surface area contributed by atoms with E-state index in [0.717, 1.165) is 18.5 Å². The Balaban J connectivity index is 1.73. The highest BCUT2D eigenvalue weighted by molar-refractivity contribution is 7.99. The molecule has 2 aliphatic rings. The SMILES string of the molecule is CNC1CCC(c2ccc3c(c2)NCCS3)CC1. The zero-order chi connectivity index (χ0) is 12.4. The van der Waals surface area contributed by atoms with Gasteiger partial charge in [0.25, 0.3) is 0 Å². The lowest BCUT2D eigenvalue weighted by molar-refractivity contribution is 0.359. The third-order valence-electron chi connectivity index (χ3n) is 4.29. The summed E-state index contributed by atoms with van der Waals surface area (Å²) in [5.74, 6) is 1.97. The standard InChI is InChI=1S/C15H22N2S/c1-16-13-5-2-11(3-6-13)12-4-7-15-14(10-12)17-8-9-18-15/h4,7,10-11,13,16-17H,2-3,5-6,8-9H2,1H3. The minimum absolute atomic E-state index is 0.743. The fourth-order valence-corrected chi connectivity index (χ4v) is 4.00. The maximum atomic E-state index is 3.53. The number of hydrogen-bond acceptors (Lipinski definition) is 3. The quantitative estimate of drug-likeness (QED) is 0.853. The Kier molecular flexibility index (Phi) is 3.80. The number of nitrogens with one attached hydrogen (secondary N) is 2. The molecule has 3 rings (SSSR count). The molecule has 0 bridgehead atoms. The molecule has 1 heterocycles. The van der Waals surface area contributed by atoms with Crippen molar-refractivity contribution in [3.63, 3.8) is 0 Å². The van der Waals surface area contributed by atoms with Gasteiger partial charge in [0.15, 0.2) is 0 Å². The van der Waals surface area contributed by atoms with Gasteiger partial charge in [-0.15, -0.1) is 11.8 Å². The highest BCUT2D eigenvalue weighted by Gasteiger charge is 2.22. The van der Waals surface area contributed by atoms with E-state index in [1.165, 1.54) is 42.0 Å². The first-order chi connectivity index (χ1) is 8.86. The van der Waals surface area contributed by atoms with E-state index in [9.17, 15) is 0 Å². The van der Waals surface area contributed by atoms with E-state index in [1.54, 1.807) is 5.56 Å². The molecule has 98 valence electrons. The van der Waals surface area contributed by atoms with Gasteiger partial charge in [0.1, 0.15) is 0 Å². The molecule has 1 aromatic carbocycles. The van der Waals surface area contributed by atoms with Gasteiger partial charge in [0.2, 0.25) is 0 Å². The molecule has 0 atom stereocenters. The topological polar surface area (TPSA) is 24.1 Å². The predicted octanol–water partition coefficient (Wildman–Crippen LogP) is 3.45. The van der Waals surface area contributed by atoms with E-state index in [1.807, 2.05) is 11.8 Å². The molecule has 2 nitrogen and oxygen atoms in total. The summed E-state index contributed by atoms with van der Waals surface area (Å²) in [7, 11) is 2.09. The number of anilines is 1. The molecule has 3 heteroatoms. The lowest BCUT2D eigenvalue weighted by Crippen LogP contribution is -2.29. The van der Waals surface area contributed by atoms with Gasteiger partial charge in [-0.25, -0.2) is 0 Å². The minimum atomic E-state index is 0.743. The molecule has 0 radical (unpaired) electrons. The minimum Gasteiger partial charge on any atom is -0.383 e. The Labute approximate surface area is 114 Å². The van der Waals surface area contributed by atoms with Gasteiger partial charge >= 0.3 is 0 Å². The average molecular weight is 262 g/mol. The Morgan fingerprint density at radius 2 is 2.06 bits per heavy atom. The van der Waals surface area contributed by atoms with E-state index in [-0.39, 0.29) is 0 Å². The summed E-state index contributed by atoms with van der Waals surface area (Å²) in [6.45, 7) is 1.10. The van der Waals surface area contributed by atoms with Crippen molar-refractivity contribution >= 4 is 17.4 Å². The monoisotopic (exact) mass is 262 g/mol. The van der Waals surface area contributed by atoms with Gasteiger partial charge in [-0.3, -0.25) is 0 Å². The van der Waals surface area contributed by atoms with E-state index in [2.05, 4.69) is 35.9 Å². The first kappa shape index (κ1) is 12.4. The maximum absolute atomic E-state index is 3.53. The summed E-state index contributed by atoms with van der Waals surface area (Å²) in [5.41, 5.74) is 2.90. The van der Waals surface area contributed by atoms with Gasteiger partial charge < -0.3 is 10.6 Å². The number of hydrogen-bond donors (Lipinski definition) is 2. The molecular formula is C15H22N2S. The molecule has 1 aliphatic carbocycles. The molecule has 2 N–H and O–H groups in total. The van der Waals surface area contributed by atoms with Crippen LogP contribution < -0.4 is 10.6 Å². The van der Waals surface area contributed by atoms with Crippen LogP contribution in [0.1, 0.15) is 37.2 Å². The largest absolute Gasteiger partial charge is 0.383 e. The zero-order valence-electron chi connectivity index (χ0n) is 11.0. The lowest BCUT2D eigenvalue weighted by Gasteiger charge is -2.29. The van der Waals surface area contributed by atoms with Gasteiger partial charge in [0.05, 0.1) is 0 Å². The van der Waals surface area contributed by atoms with Gasteiger partial charge in [-0.2, -0.15) is 0 Å². The van der Waals surface area contributed by atoms with Gasteiger partial charge in [0, 0.05) is 28.9 Å². The highest BCUT2D eigenvalue weighted by Crippen LogP contribution is 2.37. The van der Waals surface area contributed by atoms with Crippen molar-refractivity contribution in [1.82, 2.24) is 5.32 Å². The third kappa shape index (κ3) is 2.52. The van der Waals surface area contributed by atoms with Gasteiger partial charge in [-0.05, 0) is 56.3 Å². The number of benzene rings is 1. The molecule has 0 amide bonds. The van der Waals surface area contributed by atoms with Crippen LogP contribution in [0.25, 0.3) is 0 Å². The smallest absolute Gasteiger partial charge is 0.0481 e. The van der Waals surface area contributed by atoms with E-state index in [0.29, 0.717) is 0 Å². The average Bonchev–Trinajstić information content (AvgIpc) is 2.47. The summed E-state index contributed by atoms with van der Waals surface area (Å²) in [6, 6.07) is 7.80. The molecule has 1 aliphatic heterocycles. The molecule has 0 saturated heterocycles. The van der Waals surface area contributed by atoms with Crippen LogP contribution in [0.2, 0.25) is 0 Å². The Morgan fingerprint density at radius 3 is 2.83 bits per heavy atom. The Morgan fingerprint density at radius 1 is 1.22 bits per heavy atom.